The van der Waals surface area contributed by atoms with E-state index in [-0.39, 0.29) is 47.3 Å². The number of unbranched alkanes of at least 4 members (excludes halogenated alkanes) is 12. The summed E-state index contributed by atoms with van der Waals surface area (Å²) in [4.78, 5) is 25.9. The van der Waals surface area contributed by atoms with Gasteiger partial charge in [0, 0.05) is 24.1 Å². The standard InChI is InChI=1S/C41H52O11/c1-3-4-5-6-7-8-9-10-11-12-13-14-15-16-36(45)49-28-23-30(44)37-34(24-28)52-41(39(47)38(37)46)27-18-20-31-33(22-27)51-40(35(25-42)50-31)26-17-19-29(43)32(21-26)48-2/h17-24,35,39-44,47H,3-16,25H2,1-2H3/t35?,39-,40?,41+/m0/s1. The molecule has 2 unspecified atom stereocenters. The van der Waals surface area contributed by atoms with E-state index in [0.717, 1.165) is 19.3 Å². The number of hydrogen-bond donors (Lipinski definition) is 4. The number of phenols is 2. The Morgan fingerprint density at radius 1 is 0.712 bits per heavy atom. The average molecular weight is 721 g/mol. The molecular weight excluding hydrogens is 668 g/mol. The van der Waals surface area contributed by atoms with Crippen LogP contribution >= 0.6 is 0 Å². The summed E-state index contributed by atoms with van der Waals surface area (Å²) in [5.74, 6) is -0.902. The van der Waals surface area contributed by atoms with E-state index in [1.165, 1.54) is 83.1 Å². The number of fused-ring (bicyclic) bond motifs is 2. The zero-order valence-corrected chi connectivity index (χ0v) is 30.2. The van der Waals surface area contributed by atoms with Gasteiger partial charge in [0.05, 0.1) is 13.7 Å². The van der Waals surface area contributed by atoms with Crippen molar-refractivity contribution in [3.63, 3.8) is 0 Å². The first-order valence-corrected chi connectivity index (χ1v) is 18.7. The number of aliphatic hydroxyl groups excluding tert-OH is 2. The number of aromatic hydroxyl groups is 2. The number of methoxy groups -OCH3 is 1. The molecule has 0 saturated heterocycles. The van der Waals surface area contributed by atoms with Crippen molar-refractivity contribution in [2.75, 3.05) is 13.7 Å². The molecule has 3 aromatic rings. The third-order valence-corrected chi connectivity index (χ3v) is 9.71. The van der Waals surface area contributed by atoms with Crippen LogP contribution in [0.4, 0.5) is 0 Å². The maximum atomic E-state index is 13.3. The molecule has 0 radical (unpaired) electrons. The van der Waals surface area contributed by atoms with Gasteiger partial charge in [-0.2, -0.15) is 0 Å². The third-order valence-electron chi connectivity index (χ3n) is 9.71. The van der Waals surface area contributed by atoms with Gasteiger partial charge in [-0.05, 0) is 36.2 Å². The molecule has 2 heterocycles. The number of hydrogen-bond acceptors (Lipinski definition) is 11. The molecule has 0 bridgehead atoms. The normalized spacial score (nSPS) is 19.1. The Morgan fingerprint density at radius 2 is 1.33 bits per heavy atom. The Balaban J connectivity index is 1.16. The molecule has 0 saturated carbocycles. The first-order valence-electron chi connectivity index (χ1n) is 18.7. The van der Waals surface area contributed by atoms with Gasteiger partial charge in [0.25, 0.3) is 0 Å². The summed E-state index contributed by atoms with van der Waals surface area (Å²) in [5, 5.41) is 41.8. The van der Waals surface area contributed by atoms with Crippen molar-refractivity contribution in [2.45, 2.75) is 121 Å². The summed E-state index contributed by atoms with van der Waals surface area (Å²) < 4.78 is 29.1. The minimum Gasteiger partial charge on any atom is -0.507 e. The van der Waals surface area contributed by atoms with E-state index in [1.807, 2.05) is 0 Å². The largest absolute Gasteiger partial charge is 0.507 e. The number of esters is 1. The Bertz CT molecular complexity index is 1650. The van der Waals surface area contributed by atoms with Crippen molar-refractivity contribution in [3.05, 3.63) is 65.2 Å². The molecular formula is C41H52O11. The van der Waals surface area contributed by atoms with Crippen LogP contribution in [-0.4, -0.2) is 58.1 Å². The van der Waals surface area contributed by atoms with Crippen LogP contribution in [0.15, 0.2) is 48.5 Å². The maximum Gasteiger partial charge on any atom is 0.311 e. The molecule has 4 atom stereocenters. The lowest BCUT2D eigenvalue weighted by Crippen LogP contribution is -2.37. The molecule has 0 spiro atoms. The van der Waals surface area contributed by atoms with Gasteiger partial charge in [-0.3, -0.25) is 9.59 Å². The van der Waals surface area contributed by atoms with Crippen LogP contribution in [0.2, 0.25) is 0 Å². The van der Waals surface area contributed by atoms with Gasteiger partial charge in [0.2, 0.25) is 5.78 Å². The highest BCUT2D eigenvalue weighted by Crippen LogP contribution is 2.46. The molecule has 2 aliphatic heterocycles. The van der Waals surface area contributed by atoms with E-state index in [2.05, 4.69) is 6.92 Å². The summed E-state index contributed by atoms with van der Waals surface area (Å²) in [6, 6.07) is 12.0. The van der Waals surface area contributed by atoms with Crippen molar-refractivity contribution >= 4 is 11.8 Å². The van der Waals surface area contributed by atoms with Crippen LogP contribution in [0.25, 0.3) is 0 Å². The monoisotopic (exact) mass is 720 g/mol. The van der Waals surface area contributed by atoms with Crippen LogP contribution < -0.4 is 23.7 Å². The lowest BCUT2D eigenvalue weighted by atomic mass is 9.92. The first-order chi connectivity index (χ1) is 25.2. The summed E-state index contributed by atoms with van der Waals surface area (Å²) in [6.07, 6.45) is 11.4. The van der Waals surface area contributed by atoms with E-state index < -0.39 is 41.9 Å². The Kier molecular flexibility index (Phi) is 14.0. The molecule has 11 nitrogen and oxygen atoms in total. The molecule has 11 heteroatoms. The van der Waals surface area contributed by atoms with E-state index >= 15 is 0 Å². The van der Waals surface area contributed by atoms with Gasteiger partial charge in [0.15, 0.2) is 47.4 Å². The Morgan fingerprint density at radius 3 is 1.98 bits per heavy atom. The molecule has 4 N–H and O–H groups in total. The summed E-state index contributed by atoms with van der Waals surface area (Å²) in [6.45, 7) is 1.88. The minimum atomic E-state index is -1.66. The van der Waals surface area contributed by atoms with Crippen molar-refractivity contribution in [1.82, 2.24) is 0 Å². The highest BCUT2D eigenvalue weighted by atomic mass is 16.6. The fourth-order valence-electron chi connectivity index (χ4n) is 6.80. The molecule has 282 valence electrons. The van der Waals surface area contributed by atoms with Crippen molar-refractivity contribution in [2.24, 2.45) is 0 Å². The number of carbonyl (C=O) groups excluding carboxylic acids is 2. The van der Waals surface area contributed by atoms with E-state index in [9.17, 15) is 30.0 Å². The van der Waals surface area contributed by atoms with Crippen molar-refractivity contribution < 1.29 is 53.7 Å². The lowest BCUT2D eigenvalue weighted by molar-refractivity contribution is -0.134. The zero-order chi connectivity index (χ0) is 37.0. The molecule has 5 rings (SSSR count). The number of ketones is 1. The van der Waals surface area contributed by atoms with Gasteiger partial charge in [-0.1, -0.05) is 96.1 Å². The topological polar surface area (TPSA) is 161 Å². The number of carbonyl (C=O) groups is 2. The zero-order valence-electron chi connectivity index (χ0n) is 30.2. The van der Waals surface area contributed by atoms with Gasteiger partial charge < -0.3 is 44.1 Å². The third kappa shape index (κ3) is 9.68. The maximum absolute atomic E-state index is 13.3. The van der Waals surface area contributed by atoms with Gasteiger partial charge in [-0.15, -0.1) is 0 Å². The van der Waals surface area contributed by atoms with Crippen LogP contribution in [-0.2, 0) is 4.79 Å². The van der Waals surface area contributed by atoms with E-state index in [0.29, 0.717) is 23.3 Å². The SMILES string of the molecule is CCCCCCCCCCCCCCCC(=O)Oc1cc(O)c2c(c1)O[C@H](c1ccc3c(c1)OC(c1ccc(O)c(OC)c1)C(CO)O3)[C@@H](O)C2=O. The van der Waals surface area contributed by atoms with Gasteiger partial charge >= 0.3 is 5.97 Å². The van der Waals surface area contributed by atoms with Crippen LogP contribution in [0.1, 0.15) is 131 Å². The highest BCUT2D eigenvalue weighted by molar-refractivity contribution is 6.05. The van der Waals surface area contributed by atoms with Crippen molar-refractivity contribution in [1.29, 1.82) is 0 Å². The smallest absolute Gasteiger partial charge is 0.311 e. The molecule has 0 fully saturated rings. The number of aliphatic hydroxyl groups is 2. The molecule has 0 aromatic heterocycles. The van der Waals surface area contributed by atoms with E-state index in [4.69, 9.17) is 23.7 Å². The molecule has 2 aliphatic rings. The summed E-state index contributed by atoms with van der Waals surface area (Å²) in [5.41, 5.74) is 0.752. The molecule has 0 aliphatic carbocycles. The van der Waals surface area contributed by atoms with Crippen LogP contribution in [0.3, 0.4) is 0 Å². The summed E-state index contributed by atoms with van der Waals surface area (Å²) >= 11 is 0. The van der Waals surface area contributed by atoms with Gasteiger partial charge in [-0.25, -0.2) is 0 Å². The first kappa shape index (κ1) is 38.7. The Labute approximate surface area is 305 Å². The molecule has 3 aromatic carbocycles. The van der Waals surface area contributed by atoms with Crippen LogP contribution in [0, 0.1) is 0 Å². The van der Waals surface area contributed by atoms with E-state index in [1.54, 1.807) is 30.3 Å². The second-order valence-electron chi connectivity index (χ2n) is 13.6. The quantitative estimate of drug-likeness (QED) is 0.0539. The van der Waals surface area contributed by atoms with Crippen LogP contribution in [0.5, 0.6) is 40.2 Å². The highest BCUT2D eigenvalue weighted by Gasteiger charge is 2.41. The Hall–Kier alpha value is -4.48. The van der Waals surface area contributed by atoms with Crippen molar-refractivity contribution in [3.8, 4) is 40.2 Å². The number of phenolic OH excluding ortho intramolecular Hbond substituents is 2. The lowest BCUT2D eigenvalue weighted by Gasteiger charge is -2.35. The second kappa shape index (κ2) is 18.8. The number of Topliss-reactive ketones (excluding diaryl/α,β-unsaturated/α-hetero) is 1. The minimum absolute atomic E-state index is 0.0308. The predicted molar refractivity (Wildman–Crippen MR) is 194 cm³/mol. The molecule has 0 amide bonds. The van der Waals surface area contributed by atoms with Gasteiger partial charge in [0.1, 0.15) is 22.8 Å². The summed E-state index contributed by atoms with van der Waals surface area (Å²) in [7, 11) is 1.42. The number of rotatable bonds is 19. The fourth-order valence-corrected chi connectivity index (χ4v) is 6.80. The fraction of sp³-hybridized carbons (Fsp3) is 0.512. The predicted octanol–water partition coefficient (Wildman–Crippen LogP) is 8.04. The number of ether oxygens (including phenoxy) is 5. The number of benzene rings is 3. The average Bonchev–Trinajstić information content (AvgIpc) is 3.14. The molecule has 52 heavy (non-hydrogen) atoms. The second-order valence-corrected chi connectivity index (χ2v) is 13.6.